The van der Waals surface area contributed by atoms with Gasteiger partial charge in [0.15, 0.2) is 11.7 Å². The molecule has 3 aromatic rings. The van der Waals surface area contributed by atoms with Crippen molar-refractivity contribution in [3.63, 3.8) is 0 Å². The van der Waals surface area contributed by atoms with Crippen LogP contribution in [0.25, 0.3) is 11.1 Å². The molecule has 59 heavy (non-hydrogen) atoms. The van der Waals surface area contributed by atoms with Gasteiger partial charge in [0.2, 0.25) is 5.71 Å². The van der Waals surface area contributed by atoms with Gasteiger partial charge < -0.3 is 39.5 Å². The predicted octanol–water partition coefficient (Wildman–Crippen LogP) is 6.39. The highest BCUT2D eigenvalue weighted by molar-refractivity contribution is 7.14. The summed E-state index contributed by atoms with van der Waals surface area (Å²) in [4.78, 5) is 71.1. The molecule has 4 amide bonds. The summed E-state index contributed by atoms with van der Waals surface area (Å²) in [5.74, 6) is -0.770. The summed E-state index contributed by atoms with van der Waals surface area (Å²) in [6.07, 6.45) is 1.24. The SMILES string of the molecule is C[n+]1cc(-c2ccc(OCCO/N=C(\C(=O)O)c3csc(NC(=O)OC(C)(C)C)n3)cc2)ccc1NC(=O)C(CCCCNC(=O)OC(C)(C)C)NC(=O)OC(C)(C)C. The molecular formula is C40H56N7O11S+. The summed E-state index contributed by atoms with van der Waals surface area (Å²) in [6.45, 7) is 16.0. The number of carboxylic acids is 1. The zero-order chi connectivity index (χ0) is 44.0. The van der Waals surface area contributed by atoms with E-state index < -0.39 is 58.7 Å². The summed E-state index contributed by atoms with van der Waals surface area (Å²) >= 11 is 1.01. The molecule has 0 bridgehead atoms. The maximum absolute atomic E-state index is 13.5. The van der Waals surface area contributed by atoms with E-state index in [-0.39, 0.29) is 24.0 Å². The molecule has 1 atom stereocenters. The van der Waals surface area contributed by atoms with Crippen molar-refractivity contribution in [2.45, 2.75) is 104 Å². The number of aryl methyl sites for hydroxylation is 1. The number of carbonyl (C=O) groups excluding carboxylic acids is 4. The molecule has 0 aliphatic carbocycles. The number of pyridine rings is 1. The first-order valence-electron chi connectivity index (χ1n) is 18.9. The molecule has 3 rings (SSSR count). The normalized spacial score (nSPS) is 12.4. The molecule has 19 heteroatoms. The van der Waals surface area contributed by atoms with Crippen LogP contribution in [0.4, 0.5) is 25.3 Å². The van der Waals surface area contributed by atoms with Crippen molar-refractivity contribution in [3.8, 4) is 16.9 Å². The van der Waals surface area contributed by atoms with E-state index in [4.69, 9.17) is 23.8 Å². The number of nitrogens with zero attached hydrogens (tertiary/aromatic N) is 3. The topological polar surface area (TPSA) is 229 Å². The molecule has 0 saturated heterocycles. The quantitative estimate of drug-likeness (QED) is 0.0327. The molecule has 0 fully saturated rings. The van der Waals surface area contributed by atoms with Crippen LogP contribution in [-0.4, -0.2) is 88.6 Å². The Labute approximate surface area is 348 Å². The van der Waals surface area contributed by atoms with Crippen LogP contribution in [0.2, 0.25) is 0 Å². The summed E-state index contributed by atoms with van der Waals surface area (Å²) in [5, 5.41) is 25.6. The maximum Gasteiger partial charge on any atom is 0.413 e. The van der Waals surface area contributed by atoms with E-state index in [0.717, 1.165) is 22.5 Å². The number of nitrogens with one attached hydrogen (secondary N) is 4. The van der Waals surface area contributed by atoms with Crippen LogP contribution >= 0.6 is 11.3 Å². The lowest BCUT2D eigenvalue weighted by Gasteiger charge is -2.22. The van der Waals surface area contributed by atoms with Crippen LogP contribution in [0, 0.1) is 0 Å². The van der Waals surface area contributed by atoms with E-state index in [2.05, 4.69) is 31.4 Å². The van der Waals surface area contributed by atoms with E-state index in [1.54, 1.807) is 92.1 Å². The molecule has 1 unspecified atom stereocenters. The zero-order valence-corrected chi connectivity index (χ0v) is 36.0. The first kappa shape index (κ1) is 47.4. The molecule has 5 N–H and O–H groups in total. The Kier molecular flexibility index (Phi) is 17.0. The average Bonchev–Trinajstić information content (AvgIpc) is 3.55. The van der Waals surface area contributed by atoms with Gasteiger partial charge >= 0.3 is 30.2 Å². The number of benzene rings is 1. The van der Waals surface area contributed by atoms with Gasteiger partial charge in [-0.25, -0.2) is 38.8 Å². The van der Waals surface area contributed by atoms with Crippen molar-refractivity contribution in [3.05, 3.63) is 53.7 Å². The summed E-state index contributed by atoms with van der Waals surface area (Å²) in [7, 11) is 1.78. The number of anilines is 2. The largest absolute Gasteiger partial charge is 0.490 e. The maximum atomic E-state index is 13.5. The highest BCUT2D eigenvalue weighted by Gasteiger charge is 2.28. The highest BCUT2D eigenvalue weighted by atomic mass is 32.1. The fraction of sp³-hybridized carbons (Fsp3) is 0.500. The number of amides is 4. The van der Waals surface area contributed by atoms with E-state index >= 15 is 0 Å². The number of carbonyl (C=O) groups is 5. The minimum absolute atomic E-state index is 0.00599. The fourth-order valence-corrected chi connectivity index (χ4v) is 5.58. The molecule has 18 nitrogen and oxygen atoms in total. The number of thiazole rings is 1. The molecule has 322 valence electrons. The third-order valence-electron chi connectivity index (χ3n) is 7.32. The fourth-order valence-electron chi connectivity index (χ4n) is 4.89. The number of oxime groups is 1. The number of unbranched alkanes of at least 4 members (excludes halogenated alkanes) is 1. The Hall–Kier alpha value is -5.98. The lowest BCUT2D eigenvalue weighted by atomic mass is 10.1. The van der Waals surface area contributed by atoms with Crippen LogP contribution in [0.15, 0.2) is 53.1 Å². The monoisotopic (exact) mass is 842 g/mol. The van der Waals surface area contributed by atoms with E-state index in [1.165, 1.54) is 5.38 Å². The Morgan fingerprint density at radius 3 is 2.02 bits per heavy atom. The van der Waals surface area contributed by atoms with Gasteiger partial charge in [-0.3, -0.25) is 5.32 Å². The first-order chi connectivity index (χ1) is 27.5. The highest BCUT2D eigenvalue weighted by Crippen LogP contribution is 2.23. The first-order valence-corrected chi connectivity index (χ1v) is 19.8. The molecule has 0 aliphatic heterocycles. The molecular weight excluding hydrogens is 787 g/mol. The van der Waals surface area contributed by atoms with Gasteiger partial charge in [0, 0.05) is 23.6 Å². The van der Waals surface area contributed by atoms with Gasteiger partial charge in [-0.1, -0.05) is 17.3 Å². The molecule has 1 aromatic carbocycles. The van der Waals surface area contributed by atoms with Gasteiger partial charge in [-0.05, 0) is 105 Å². The van der Waals surface area contributed by atoms with Gasteiger partial charge in [0.25, 0.3) is 5.82 Å². The lowest BCUT2D eigenvalue weighted by molar-refractivity contribution is -0.656. The van der Waals surface area contributed by atoms with Gasteiger partial charge in [0.05, 0.1) is 13.2 Å². The number of rotatable bonds is 17. The molecule has 2 heterocycles. The number of ether oxygens (including phenoxy) is 4. The van der Waals surface area contributed by atoms with Crippen LogP contribution in [0.5, 0.6) is 5.75 Å². The zero-order valence-electron chi connectivity index (χ0n) is 35.2. The van der Waals surface area contributed by atoms with Gasteiger partial charge in [-0.2, -0.15) is 0 Å². The van der Waals surface area contributed by atoms with Gasteiger partial charge in [-0.15, -0.1) is 11.3 Å². The Morgan fingerprint density at radius 1 is 0.797 bits per heavy atom. The second-order valence-electron chi connectivity index (χ2n) is 16.1. The Morgan fingerprint density at radius 2 is 1.41 bits per heavy atom. The minimum Gasteiger partial charge on any atom is -0.490 e. The van der Waals surface area contributed by atoms with Crippen molar-refractivity contribution < 1.29 is 57.4 Å². The smallest absolute Gasteiger partial charge is 0.413 e. The number of hydrogen-bond donors (Lipinski definition) is 5. The summed E-state index contributed by atoms with van der Waals surface area (Å²) in [6, 6.07) is 9.93. The standard InChI is InChI=1S/C40H55N7O11S/c1-38(2,3)56-35(51)41-20-12-11-13-28(43-36(52)57-39(4,5)6)32(48)44-30-19-16-26(23-47(30)10)25-14-17-27(18-15-25)54-21-22-55-46-31(33(49)50)29-24-59-34(42-29)45-37(53)58-40(7,8)9/h14-19,23-24,28H,11-13,20-22H2,1-10H3,(H4,41,42,43,45,49,50,51,52,53)/p+1/b46-31-. The molecule has 0 radical (unpaired) electrons. The lowest BCUT2D eigenvalue weighted by Crippen LogP contribution is -2.47. The number of carboxylic acid groups (broad SMARTS) is 1. The molecule has 0 saturated carbocycles. The second-order valence-corrected chi connectivity index (χ2v) is 17.0. The van der Waals surface area contributed by atoms with Crippen LogP contribution in [0.1, 0.15) is 87.3 Å². The van der Waals surface area contributed by atoms with E-state index in [0.29, 0.717) is 37.4 Å². The van der Waals surface area contributed by atoms with Crippen LogP contribution in [0.3, 0.4) is 0 Å². The van der Waals surface area contributed by atoms with Crippen LogP contribution < -0.4 is 30.6 Å². The average molecular weight is 843 g/mol. The third-order valence-corrected chi connectivity index (χ3v) is 8.08. The Balaban J connectivity index is 1.54. The van der Waals surface area contributed by atoms with E-state index in [1.807, 2.05) is 24.4 Å². The van der Waals surface area contributed by atoms with Gasteiger partial charge in [0.1, 0.15) is 40.9 Å². The number of aliphatic carboxylic acids is 1. The molecule has 2 aromatic heterocycles. The summed E-state index contributed by atoms with van der Waals surface area (Å²) < 4.78 is 23.3. The Bertz CT molecular complexity index is 1950. The predicted molar refractivity (Wildman–Crippen MR) is 221 cm³/mol. The van der Waals surface area contributed by atoms with Crippen molar-refractivity contribution >= 4 is 58.2 Å². The summed E-state index contributed by atoms with van der Waals surface area (Å²) in [5.41, 5.74) is -0.807. The molecule has 0 aliphatic rings. The third kappa shape index (κ3) is 18.0. The number of aromatic nitrogens is 2. The van der Waals surface area contributed by atoms with Crippen LogP contribution in [-0.2, 0) is 35.7 Å². The minimum atomic E-state index is -1.36. The van der Waals surface area contributed by atoms with Crippen molar-refractivity contribution in [2.24, 2.45) is 12.2 Å². The number of hydrogen-bond acceptors (Lipinski definition) is 13. The van der Waals surface area contributed by atoms with Crippen molar-refractivity contribution in [1.82, 2.24) is 15.6 Å². The molecule has 0 spiro atoms. The second kappa shape index (κ2) is 21.1. The van der Waals surface area contributed by atoms with Crippen molar-refractivity contribution in [1.29, 1.82) is 0 Å². The van der Waals surface area contributed by atoms with Crippen molar-refractivity contribution in [2.75, 3.05) is 30.4 Å². The number of alkyl carbamates (subject to hydrolysis) is 2. The van der Waals surface area contributed by atoms with E-state index in [9.17, 15) is 29.1 Å².